The fraction of sp³-hybridized carbons (Fsp3) is 0.250. The fourth-order valence-electron chi connectivity index (χ4n) is 4.24. The molecule has 0 aliphatic carbocycles. The Hall–Kier alpha value is -4.17. The molecule has 3 aromatic rings. The predicted molar refractivity (Wildman–Crippen MR) is 156 cm³/mol. The van der Waals surface area contributed by atoms with E-state index in [9.17, 15) is 14.9 Å². The number of benzene rings is 1. The zero-order valence-electron chi connectivity index (χ0n) is 22.1. The van der Waals surface area contributed by atoms with Crippen LogP contribution in [0.2, 0.25) is 10.0 Å². The number of halogens is 2. The molecule has 0 amide bonds. The second kappa shape index (κ2) is 12.3. The maximum absolute atomic E-state index is 12.7. The number of quaternary nitrogens is 1. The van der Waals surface area contributed by atoms with Crippen LogP contribution in [0.5, 0.6) is 0 Å². The largest absolute Gasteiger partial charge is 0.369 e. The summed E-state index contributed by atoms with van der Waals surface area (Å²) in [7, 11) is 3.88. The van der Waals surface area contributed by atoms with Crippen molar-refractivity contribution in [2.24, 2.45) is 4.99 Å². The summed E-state index contributed by atoms with van der Waals surface area (Å²) < 4.78 is 0.411. The topological polar surface area (TPSA) is 123 Å². The van der Waals surface area contributed by atoms with Crippen LogP contribution >= 0.6 is 23.2 Å². The zero-order valence-corrected chi connectivity index (χ0v) is 23.6. The van der Waals surface area contributed by atoms with Crippen molar-refractivity contribution in [1.29, 1.82) is 0 Å². The number of pyridine rings is 1. The second-order valence-electron chi connectivity index (χ2n) is 9.79. The molecule has 40 heavy (non-hydrogen) atoms. The van der Waals surface area contributed by atoms with Gasteiger partial charge in [0.1, 0.15) is 18.7 Å². The van der Waals surface area contributed by atoms with E-state index in [1.54, 1.807) is 43.5 Å². The number of ketones is 1. The summed E-state index contributed by atoms with van der Waals surface area (Å²) in [6.45, 7) is 2.57. The fourth-order valence-corrected chi connectivity index (χ4v) is 4.54. The van der Waals surface area contributed by atoms with Gasteiger partial charge in [0.05, 0.1) is 60.8 Å². The van der Waals surface area contributed by atoms with Gasteiger partial charge in [0.25, 0.3) is 0 Å². The number of fused-ring (bicyclic) bond motifs is 1. The molecule has 1 aromatic carbocycles. The standard InChI is InChI=1S/C28H26Cl2N7O3/c1-4-6-19-11-18(28(35-19)36(39)40)16-37(2,3)10-5-7-22(38)12-21-13-23-26(15-31-21)32-17-33-27(23)34-20-8-9-24(29)25(30)14-20/h5,7-9,13-15,17H,10-12,16H2,1-3H3,(H,32,33,34)/q+1/b7-5+. The Morgan fingerprint density at radius 3 is 2.73 bits per heavy atom. The van der Waals surface area contributed by atoms with E-state index in [2.05, 4.69) is 37.1 Å². The van der Waals surface area contributed by atoms with Crippen LogP contribution in [0, 0.1) is 22.0 Å². The van der Waals surface area contributed by atoms with Gasteiger partial charge < -0.3 is 19.9 Å². The van der Waals surface area contributed by atoms with Gasteiger partial charge in [0, 0.05) is 16.8 Å². The number of nitrogens with one attached hydrogen (secondary N) is 1. The molecule has 0 radical (unpaired) electrons. The first-order valence-electron chi connectivity index (χ1n) is 12.2. The summed E-state index contributed by atoms with van der Waals surface area (Å²) in [6, 6.07) is 6.95. The van der Waals surface area contributed by atoms with E-state index in [4.69, 9.17) is 23.2 Å². The van der Waals surface area contributed by atoms with Gasteiger partial charge in [0.2, 0.25) is 5.71 Å². The SMILES string of the molecule is CC#CC1=NC([N+](=O)[O-])=C(C[N+](C)(C)C/C=C/C(=O)Cc2cc3c(Nc4ccc(Cl)c(Cl)c4)ncnc3cn2)C1. The zero-order chi connectivity index (χ0) is 28.9. The molecule has 1 N–H and O–H groups in total. The van der Waals surface area contributed by atoms with Crippen LogP contribution in [-0.4, -0.2) is 63.0 Å². The number of aliphatic imine (C=N–C) groups is 1. The molecule has 0 bridgehead atoms. The van der Waals surface area contributed by atoms with Crippen LogP contribution in [0.25, 0.3) is 10.9 Å². The smallest absolute Gasteiger partial charge is 0.358 e. The number of nitro groups is 1. The molecule has 0 spiro atoms. The monoisotopic (exact) mass is 578 g/mol. The lowest BCUT2D eigenvalue weighted by Crippen LogP contribution is -2.41. The van der Waals surface area contributed by atoms with Crippen molar-refractivity contribution in [3.63, 3.8) is 0 Å². The van der Waals surface area contributed by atoms with Crippen molar-refractivity contribution in [1.82, 2.24) is 15.0 Å². The summed E-state index contributed by atoms with van der Waals surface area (Å²) in [5.74, 6) is 5.84. The third kappa shape index (κ3) is 7.27. The number of carbonyl (C=O) groups is 1. The number of nitrogens with zero attached hydrogens (tertiary/aromatic N) is 6. The van der Waals surface area contributed by atoms with Crippen molar-refractivity contribution in [2.45, 2.75) is 19.8 Å². The van der Waals surface area contributed by atoms with Gasteiger partial charge in [-0.2, -0.15) is 0 Å². The molecule has 0 atom stereocenters. The maximum atomic E-state index is 12.7. The van der Waals surface area contributed by atoms with Crippen molar-refractivity contribution in [3.05, 3.63) is 86.2 Å². The van der Waals surface area contributed by atoms with Crippen molar-refractivity contribution >= 4 is 57.1 Å². The van der Waals surface area contributed by atoms with Crippen LogP contribution in [0.3, 0.4) is 0 Å². The highest BCUT2D eigenvalue weighted by molar-refractivity contribution is 6.42. The number of allylic oxidation sites excluding steroid dienone is 1. The van der Waals surface area contributed by atoms with Crippen LogP contribution in [-0.2, 0) is 11.2 Å². The molecule has 2 aromatic heterocycles. The van der Waals surface area contributed by atoms with E-state index >= 15 is 0 Å². The number of anilines is 2. The number of hydrogen-bond acceptors (Lipinski definition) is 8. The van der Waals surface area contributed by atoms with Crippen molar-refractivity contribution < 1.29 is 14.2 Å². The number of rotatable bonds is 10. The third-order valence-corrected chi connectivity index (χ3v) is 6.76. The Morgan fingerprint density at radius 1 is 1.20 bits per heavy atom. The van der Waals surface area contributed by atoms with Crippen LogP contribution in [0.1, 0.15) is 19.0 Å². The van der Waals surface area contributed by atoms with Gasteiger partial charge in [-0.15, -0.1) is 0 Å². The first-order valence-corrected chi connectivity index (χ1v) is 13.0. The average molecular weight is 579 g/mol. The molecule has 1 aliphatic heterocycles. The Morgan fingerprint density at radius 2 is 2.00 bits per heavy atom. The quantitative estimate of drug-likeness (QED) is 0.116. The molecule has 0 fully saturated rings. The normalized spacial score (nSPS) is 13.4. The summed E-state index contributed by atoms with van der Waals surface area (Å²) in [4.78, 5) is 40.8. The Labute approximate surface area is 241 Å². The summed E-state index contributed by atoms with van der Waals surface area (Å²) >= 11 is 12.1. The first-order chi connectivity index (χ1) is 19.0. The highest BCUT2D eigenvalue weighted by Gasteiger charge is 2.32. The van der Waals surface area contributed by atoms with Crippen LogP contribution in [0.4, 0.5) is 11.5 Å². The maximum Gasteiger partial charge on any atom is 0.369 e. The molecule has 12 heteroatoms. The van der Waals surface area contributed by atoms with E-state index in [1.165, 1.54) is 12.4 Å². The van der Waals surface area contributed by atoms with E-state index in [0.29, 0.717) is 73.4 Å². The summed E-state index contributed by atoms with van der Waals surface area (Å²) in [5, 5.41) is 16.2. The Bertz CT molecular complexity index is 1650. The van der Waals surface area contributed by atoms with E-state index in [0.717, 1.165) is 0 Å². The molecular weight excluding hydrogens is 553 g/mol. The Kier molecular flexibility index (Phi) is 8.90. The second-order valence-corrected chi connectivity index (χ2v) is 10.6. The van der Waals surface area contributed by atoms with E-state index < -0.39 is 4.92 Å². The molecule has 3 heterocycles. The molecule has 0 unspecified atom stereocenters. The van der Waals surface area contributed by atoms with Crippen molar-refractivity contribution in [2.75, 3.05) is 32.5 Å². The summed E-state index contributed by atoms with van der Waals surface area (Å²) in [5.41, 5.74) is 3.01. The lowest BCUT2D eigenvalue weighted by molar-refractivity contribution is -0.880. The number of carbonyl (C=O) groups excluding carboxylic acids is 1. The molecule has 1 aliphatic rings. The lowest BCUT2D eigenvalue weighted by atomic mass is 10.1. The van der Waals surface area contributed by atoms with Gasteiger partial charge in [-0.1, -0.05) is 29.1 Å². The van der Waals surface area contributed by atoms with Gasteiger partial charge in [-0.25, -0.2) is 9.97 Å². The number of aromatic nitrogens is 3. The number of likely N-dealkylation sites (N-methyl/N-ethyl adjacent to an activating group) is 1. The first kappa shape index (κ1) is 28.8. The molecule has 0 saturated carbocycles. The minimum atomic E-state index is -0.466. The van der Waals surface area contributed by atoms with Crippen LogP contribution < -0.4 is 5.32 Å². The van der Waals surface area contributed by atoms with Gasteiger partial charge in [-0.3, -0.25) is 9.78 Å². The average Bonchev–Trinajstić information content (AvgIpc) is 3.28. The van der Waals surface area contributed by atoms with Gasteiger partial charge in [-0.05, 0) is 59.2 Å². The molecule has 10 nitrogen and oxygen atoms in total. The lowest BCUT2D eigenvalue weighted by Gasteiger charge is -2.28. The molecule has 4 rings (SSSR count). The van der Waals surface area contributed by atoms with E-state index in [1.807, 2.05) is 14.1 Å². The molecular formula is C28H26Cl2N7O3+. The molecule has 204 valence electrons. The minimum absolute atomic E-state index is 0.0878. The molecule has 0 saturated heterocycles. The third-order valence-electron chi connectivity index (χ3n) is 6.02. The van der Waals surface area contributed by atoms with E-state index in [-0.39, 0.29) is 18.0 Å². The summed E-state index contributed by atoms with van der Waals surface area (Å²) in [6.07, 6.45) is 6.77. The number of hydrogen-bond donors (Lipinski definition) is 1. The minimum Gasteiger partial charge on any atom is -0.358 e. The van der Waals surface area contributed by atoms with Crippen LogP contribution in [0.15, 0.2) is 65.3 Å². The Balaban J connectivity index is 1.41. The predicted octanol–water partition coefficient (Wildman–Crippen LogP) is 5.18. The van der Waals surface area contributed by atoms with Crippen molar-refractivity contribution in [3.8, 4) is 11.8 Å². The van der Waals surface area contributed by atoms with Gasteiger partial charge >= 0.3 is 5.82 Å². The highest BCUT2D eigenvalue weighted by atomic mass is 35.5. The van der Waals surface area contributed by atoms with Gasteiger partial charge in [0.15, 0.2) is 5.78 Å². The highest BCUT2D eigenvalue weighted by Crippen LogP contribution is 2.29.